The molecule has 7 heteroatoms. The molecule has 0 aliphatic carbocycles. The molecule has 27 heavy (non-hydrogen) atoms. The van der Waals surface area contributed by atoms with Gasteiger partial charge in [0, 0.05) is 33.5 Å². The zero-order valence-electron chi connectivity index (χ0n) is 14.5. The molecule has 1 N–H and O–H groups in total. The second kappa shape index (κ2) is 8.33. The van der Waals surface area contributed by atoms with Gasteiger partial charge in [-0.25, -0.2) is 4.98 Å². The molecule has 0 atom stereocenters. The highest BCUT2D eigenvalue weighted by Crippen LogP contribution is 2.30. The molecule has 3 aromatic rings. The Balaban J connectivity index is 1.80. The summed E-state index contributed by atoms with van der Waals surface area (Å²) in [5.74, 6) is -1.40. The number of hydrogen-bond acceptors (Lipinski definition) is 5. The Morgan fingerprint density at radius 1 is 1.07 bits per heavy atom. The Hall–Kier alpha value is -2.70. The summed E-state index contributed by atoms with van der Waals surface area (Å²) in [7, 11) is 0. The molecular formula is C20H16ClN2O3S-. The minimum absolute atomic E-state index is 0.0617. The van der Waals surface area contributed by atoms with Gasteiger partial charge in [-0.15, -0.1) is 11.3 Å². The first-order valence-corrected chi connectivity index (χ1v) is 9.41. The van der Waals surface area contributed by atoms with Crippen LogP contribution in [0.2, 0.25) is 5.02 Å². The number of carbonyl (C=O) groups is 2. The van der Waals surface area contributed by atoms with Gasteiger partial charge in [-0.1, -0.05) is 41.4 Å². The highest BCUT2D eigenvalue weighted by Gasteiger charge is 2.16. The van der Waals surface area contributed by atoms with Crippen LogP contribution in [-0.4, -0.2) is 16.9 Å². The maximum Gasteiger partial charge on any atom is 0.231 e. The average Bonchev–Trinajstić information content (AvgIpc) is 2.99. The third-order valence-corrected chi connectivity index (χ3v) is 5.12. The lowest BCUT2D eigenvalue weighted by atomic mass is 10.1. The van der Waals surface area contributed by atoms with Crippen molar-refractivity contribution in [3.05, 3.63) is 69.0 Å². The van der Waals surface area contributed by atoms with E-state index in [9.17, 15) is 14.7 Å². The van der Waals surface area contributed by atoms with Gasteiger partial charge in [0.25, 0.3) is 0 Å². The van der Waals surface area contributed by atoms with Crippen LogP contribution in [0, 0.1) is 6.92 Å². The van der Waals surface area contributed by atoms with Gasteiger partial charge in [0.05, 0.1) is 12.1 Å². The molecule has 2 aromatic carbocycles. The van der Waals surface area contributed by atoms with Gasteiger partial charge >= 0.3 is 0 Å². The van der Waals surface area contributed by atoms with E-state index in [4.69, 9.17) is 11.6 Å². The van der Waals surface area contributed by atoms with E-state index in [2.05, 4.69) is 10.3 Å². The molecule has 0 bridgehead atoms. The van der Waals surface area contributed by atoms with Crippen molar-refractivity contribution in [2.45, 2.75) is 19.8 Å². The maximum atomic E-state index is 12.3. The monoisotopic (exact) mass is 399 g/mol. The standard InChI is InChI=1S/C20H17ClN2O3S/c1-12-2-8-15(9-3-12)22-17(24)11-18-23-20(16(27-18)10-19(25)26)13-4-6-14(21)7-5-13/h2-9H,10-11H2,1H3,(H,22,24)(H,25,26)/p-1. The summed E-state index contributed by atoms with van der Waals surface area (Å²) in [6.07, 6.45) is -0.193. The Labute approximate surface area is 165 Å². The van der Waals surface area contributed by atoms with Crippen molar-refractivity contribution < 1.29 is 14.7 Å². The lowest BCUT2D eigenvalue weighted by Crippen LogP contribution is -2.24. The predicted molar refractivity (Wildman–Crippen MR) is 105 cm³/mol. The maximum absolute atomic E-state index is 12.3. The molecule has 3 rings (SSSR count). The largest absolute Gasteiger partial charge is 0.550 e. The minimum Gasteiger partial charge on any atom is -0.550 e. The van der Waals surface area contributed by atoms with E-state index in [1.165, 1.54) is 11.3 Å². The van der Waals surface area contributed by atoms with Crippen LogP contribution in [0.25, 0.3) is 11.3 Å². The molecule has 0 fully saturated rings. The molecule has 0 aliphatic heterocycles. The third kappa shape index (κ3) is 5.15. The topological polar surface area (TPSA) is 82.1 Å². The van der Waals surface area contributed by atoms with Gasteiger partial charge < -0.3 is 15.2 Å². The highest BCUT2D eigenvalue weighted by atomic mass is 35.5. The van der Waals surface area contributed by atoms with Crippen LogP contribution in [-0.2, 0) is 22.4 Å². The Bertz CT molecular complexity index is 966. The van der Waals surface area contributed by atoms with E-state index >= 15 is 0 Å². The number of carboxylic acids is 1. The lowest BCUT2D eigenvalue weighted by Gasteiger charge is -2.04. The molecular weight excluding hydrogens is 384 g/mol. The van der Waals surface area contributed by atoms with Gasteiger partial charge in [0.2, 0.25) is 5.91 Å². The van der Waals surface area contributed by atoms with Gasteiger partial charge in [-0.05, 0) is 31.2 Å². The van der Waals surface area contributed by atoms with Gasteiger partial charge in [-0.3, -0.25) is 4.79 Å². The number of carbonyl (C=O) groups excluding carboxylic acids is 2. The van der Waals surface area contributed by atoms with E-state index in [0.29, 0.717) is 26.3 Å². The normalized spacial score (nSPS) is 10.6. The smallest absolute Gasteiger partial charge is 0.231 e. The number of hydrogen-bond donors (Lipinski definition) is 1. The Morgan fingerprint density at radius 2 is 1.74 bits per heavy atom. The van der Waals surface area contributed by atoms with Crippen LogP contribution < -0.4 is 10.4 Å². The van der Waals surface area contributed by atoms with E-state index in [1.54, 1.807) is 24.3 Å². The molecule has 5 nitrogen and oxygen atoms in total. The van der Waals surface area contributed by atoms with Crippen molar-refractivity contribution in [3.8, 4) is 11.3 Å². The fourth-order valence-corrected chi connectivity index (χ4v) is 3.74. The highest BCUT2D eigenvalue weighted by molar-refractivity contribution is 7.12. The molecule has 1 amide bonds. The van der Waals surface area contributed by atoms with Crippen LogP contribution in [0.4, 0.5) is 5.69 Å². The first-order chi connectivity index (χ1) is 12.9. The number of aromatic nitrogens is 1. The quantitative estimate of drug-likeness (QED) is 0.689. The molecule has 1 heterocycles. The zero-order valence-corrected chi connectivity index (χ0v) is 16.1. The summed E-state index contributed by atoms with van der Waals surface area (Å²) < 4.78 is 0. The van der Waals surface area contributed by atoms with Gasteiger partial charge in [0.1, 0.15) is 5.01 Å². The van der Waals surface area contributed by atoms with Crippen LogP contribution >= 0.6 is 22.9 Å². The van der Waals surface area contributed by atoms with Gasteiger partial charge in [-0.2, -0.15) is 0 Å². The molecule has 0 unspecified atom stereocenters. The number of nitrogens with one attached hydrogen (secondary N) is 1. The molecule has 1 aromatic heterocycles. The predicted octanol–water partition coefficient (Wildman–Crippen LogP) is 3.25. The summed E-state index contributed by atoms with van der Waals surface area (Å²) in [6, 6.07) is 14.4. The summed E-state index contributed by atoms with van der Waals surface area (Å²) in [4.78, 5) is 28.4. The minimum atomic E-state index is -1.19. The van der Waals surface area contributed by atoms with Crippen molar-refractivity contribution in [3.63, 3.8) is 0 Å². The average molecular weight is 400 g/mol. The first-order valence-electron chi connectivity index (χ1n) is 8.21. The van der Waals surface area contributed by atoms with Crippen LogP contribution in [0.3, 0.4) is 0 Å². The number of halogens is 1. The number of aliphatic carboxylic acids is 1. The molecule has 138 valence electrons. The fourth-order valence-electron chi connectivity index (χ4n) is 2.54. The van der Waals surface area contributed by atoms with Crippen molar-refractivity contribution in [2.75, 3.05) is 5.32 Å². The number of benzene rings is 2. The summed E-state index contributed by atoms with van der Waals surface area (Å²) in [6.45, 7) is 1.97. The summed E-state index contributed by atoms with van der Waals surface area (Å²) >= 11 is 7.11. The van der Waals surface area contributed by atoms with E-state index in [-0.39, 0.29) is 18.7 Å². The number of rotatable bonds is 6. The molecule has 0 radical (unpaired) electrons. The van der Waals surface area contributed by atoms with Crippen molar-refractivity contribution >= 4 is 40.5 Å². The SMILES string of the molecule is Cc1ccc(NC(=O)Cc2nc(-c3ccc(Cl)cc3)c(CC(=O)[O-])s2)cc1. The summed E-state index contributed by atoms with van der Waals surface area (Å²) in [5, 5.41) is 15.0. The van der Waals surface area contributed by atoms with E-state index < -0.39 is 5.97 Å². The second-order valence-electron chi connectivity index (χ2n) is 6.03. The Kier molecular flexibility index (Phi) is 5.88. The second-order valence-corrected chi connectivity index (χ2v) is 7.63. The number of anilines is 1. The number of thiazole rings is 1. The van der Waals surface area contributed by atoms with E-state index in [0.717, 1.165) is 11.1 Å². The number of aryl methyl sites for hydroxylation is 1. The Morgan fingerprint density at radius 3 is 2.37 bits per heavy atom. The number of nitrogens with zero attached hydrogens (tertiary/aromatic N) is 1. The van der Waals surface area contributed by atoms with Gasteiger partial charge in [0.15, 0.2) is 0 Å². The van der Waals surface area contributed by atoms with Crippen LogP contribution in [0.15, 0.2) is 48.5 Å². The molecule has 0 spiro atoms. The molecule has 0 aliphatic rings. The van der Waals surface area contributed by atoms with Crippen molar-refractivity contribution in [1.82, 2.24) is 4.98 Å². The molecule has 0 saturated carbocycles. The van der Waals surface area contributed by atoms with Crippen LogP contribution in [0.5, 0.6) is 0 Å². The zero-order chi connectivity index (χ0) is 19.4. The molecule has 0 saturated heterocycles. The van der Waals surface area contributed by atoms with Crippen molar-refractivity contribution in [1.29, 1.82) is 0 Å². The summed E-state index contributed by atoms with van der Waals surface area (Å²) in [5.41, 5.74) is 3.10. The fraction of sp³-hybridized carbons (Fsp3) is 0.150. The third-order valence-electron chi connectivity index (χ3n) is 3.81. The van der Waals surface area contributed by atoms with Crippen molar-refractivity contribution in [2.24, 2.45) is 0 Å². The first kappa shape index (κ1) is 19.1. The lowest BCUT2D eigenvalue weighted by molar-refractivity contribution is -0.304. The number of amides is 1. The van der Waals surface area contributed by atoms with E-state index in [1.807, 2.05) is 31.2 Å². The van der Waals surface area contributed by atoms with Crippen LogP contribution in [0.1, 0.15) is 15.4 Å². The number of carboxylic acid groups (broad SMARTS) is 1.